The molecule has 0 radical (unpaired) electrons. The Morgan fingerprint density at radius 3 is 2.08 bits per heavy atom. The van der Waals surface area contributed by atoms with Gasteiger partial charge in [-0.25, -0.2) is 0 Å². The van der Waals surface area contributed by atoms with Crippen LogP contribution in [0.2, 0.25) is 0 Å². The second kappa shape index (κ2) is 15.2. The van der Waals surface area contributed by atoms with E-state index in [-0.39, 0.29) is 11.9 Å². The van der Waals surface area contributed by atoms with Gasteiger partial charge in [0, 0.05) is 56.4 Å². The maximum absolute atomic E-state index is 12.6. The number of aryl methyl sites for hydroxylation is 1. The summed E-state index contributed by atoms with van der Waals surface area (Å²) in [5, 5.41) is 6.04. The van der Waals surface area contributed by atoms with Crippen molar-refractivity contribution in [2.45, 2.75) is 71.3 Å². The fourth-order valence-electron chi connectivity index (χ4n) is 7.30. The smallest absolute Gasteiger partial charge is 0.309 e. The summed E-state index contributed by atoms with van der Waals surface area (Å²) in [4.78, 5) is 22.5. The molecular formula is C42H49N5O4. The van der Waals surface area contributed by atoms with Crippen molar-refractivity contribution < 1.29 is 19.0 Å². The molecule has 2 fully saturated rings. The topological polar surface area (TPSA) is 82.0 Å². The number of rotatable bonds is 10. The van der Waals surface area contributed by atoms with E-state index in [9.17, 15) is 4.79 Å². The number of pyridine rings is 1. The fourth-order valence-corrected chi connectivity index (χ4v) is 7.30. The molecule has 0 amide bonds. The first kappa shape index (κ1) is 34.6. The SMILES string of the molecule is Cn1nc(-c2ccc(OCc3ccccc3)nc2OCc2ccccc2)c2ccc(N3CCN(C4CCC(C(=O)OC(C)(C)C)CC4)CC3)cc21. The van der Waals surface area contributed by atoms with E-state index in [1.54, 1.807) is 0 Å². The van der Waals surface area contributed by atoms with Gasteiger partial charge in [0.05, 0.1) is 17.0 Å². The summed E-state index contributed by atoms with van der Waals surface area (Å²) in [5.41, 5.74) is 5.63. The summed E-state index contributed by atoms with van der Waals surface area (Å²) in [5.74, 6) is 0.996. The van der Waals surface area contributed by atoms with Crippen molar-refractivity contribution in [1.29, 1.82) is 0 Å². The van der Waals surface area contributed by atoms with Gasteiger partial charge in [-0.2, -0.15) is 10.1 Å². The zero-order valence-electron chi connectivity index (χ0n) is 30.3. The van der Waals surface area contributed by atoms with Crippen molar-refractivity contribution in [3.05, 3.63) is 102 Å². The van der Waals surface area contributed by atoms with Crippen LogP contribution in [0.5, 0.6) is 11.8 Å². The first-order valence-corrected chi connectivity index (χ1v) is 18.2. The van der Waals surface area contributed by atoms with Crippen LogP contribution in [0.3, 0.4) is 0 Å². The van der Waals surface area contributed by atoms with Crippen LogP contribution in [0.4, 0.5) is 5.69 Å². The Morgan fingerprint density at radius 1 is 0.784 bits per heavy atom. The van der Waals surface area contributed by atoms with Crippen molar-refractivity contribution in [3.63, 3.8) is 0 Å². The van der Waals surface area contributed by atoms with Crippen molar-refractivity contribution >= 4 is 22.6 Å². The van der Waals surface area contributed by atoms with Gasteiger partial charge in [-0.15, -0.1) is 0 Å². The molecule has 0 unspecified atom stereocenters. The average Bonchev–Trinajstić information content (AvgIpc) is 3.48. The standard InChI is InChI=1S/C42H49N5O4/c1-42(2,3)51-41(48)32-15-17-33(18-16-32)46-23-25-47(26-24-46)34-19-20-35-37(27-34)45(4)44-39(35)36-21-22-38(49-28-30-11-7-5-8-12-30)43-40(36)50-29-31-13-9-6-10-14-31/h5-14,19-22,27,32-33H,15-18,23-26,28-29H2,1-4H3. The van der Waals surface area contributed by atoms with E-state index in [0.29, 0.717) is 31.0 Å². The van der Waals surface area contributed by atoms with E-state index in [4.69, 9.17) is 24.3 Å². The molecule has 0 bridgehead atoms. The van der Waals surface area contributed by atoms with E-state index in [1.165, 1.54) is 5.69 Å². The Balaban J connectivity index is 1.04. The van der Waals surface area contributed by atoms with Gasteiger partial charge in [-0.1, -0.05) is 60.7 Å². The van der Waals surface area contributed by atoms with Gasteiger partial charge in [-0.05, 0) is 81.8 Å². The normalized spacial score (nSPS) is 18.5. The summed E-state index contributed by atoms with van der Waals surface area (Å²) in [6.45, 7) is 10.6. The molecule has 2 aliphatic rings. The number of hydrogen-bond acceptors (Lipinski definition) is 8. The number of benzene rings is 3. The van der Waals surface area contributed by atoms with Gasteiger partial charge in [0.15, 0.2) is 0 Å². The molecule has 7 rings (SSSR count). The predicted molar refractivity (Wildman–Crippen MR) is 201 cm³/mol. The number of piperazine rings is 1. The number of nitrogens with zero attached hydrogens (tertiary/aromatic N) is 5. The molecule has 0 spiro atoms. The summed E-state index contributed by atoms with van der Waals surface area (Å²) in [6.07, 6.45) is 3.94. The highest BCUT2D eigenvalue weighted by Crippen LogP contribution is 2.37. The summed E-state index contributed by atoms with van der Waals surface area (Å²) in [7, 11) is 2.00. The van der Waals surface area contributed by atoms with Crippen molar-refractivity contribution in [2.75, 3.05) is 31.1 Å². The number of carbonyl (C=O) groups excluding carboxylic acids is 1. The Bertz CT molecular complexity index is 1920. The van der Waals surface area contributed by atoms with E-state index >= 15 is 0 Å². The molecular weight excluding hydrogens is 638 g/mol. The molecule has 1 aliphatic carbocycles. The fraction of sp³-hybridized carbons (Fsp3) is 0.405. The van der Waals surface area contributed by atoms with Gasteiger partial charge < -0.3 is 19.1 Å². The van der Waals surface area contributed by atoms with Crippen LogP contribution in [0, 0.1) is 5.92 Å². The van der Waals surface area contributed by atoms with Crippen molar-refractivity contribution in [2.24, 2.45) is 13.0 Å². The first-order chi connectivity index (χ1) is 24.7. The maximum Gasteiger partial charge on any atom is 0.309 e. The third-order valence-electron chi connectivity index (χ3n) is 10.0. The molecule has 9 nitrogen and oxygen atoms in total. The molecule has 9 heteroatoms. The number of aromatic nitrogens is 3. The molecule has 1 aliphatic heterocycles. The zero-order valence-corrected chi connectivity index (χ0v) is 30.3. The maximum atomic E-state index is 12.6. The molecule has 1 saturated heterocycles. The first-order valence-electron chi connectivity index (χ1n) is 18.2. The Morgan fingerprint density at radius 2 is 1.43 bits per heavy atom. The minimum Gasteiger partial charge on any atom is -0.473 e. The number of ether oxygens (including phenoxy) is 3. The highest BCUT2D eigenvalue weighted by Gasteiger charge is 2.33. The molecule has 0 atom stereocenters. The molecule has 2 aromatic heterocycles. The van der Waals surface area contributed by atoms with Crippen LogP contribution < -0.4 is 14.4 Å². The van der Waals surface area contributed by atoms with Crippen molar-refractivity contribution in [3.8, 4) is 23.0 Å². The molecule has 3 heterocycles. The minimum absolute atomic E-state index is 0.0310. The number of hydrogen-bond donors (Lipinski definition) is 0. The quantitative estimate of drug-likeness (QED) is 0.138. The van der Waals surface area contributed by atoms with E-state index in [0.717, 1.165) is 85.1 Å². The van der Waals surface area contributed by atoms with Crippen LogP contribution >= 0.6 is 0 Å². The van der Waals surface area contributed by atoms with Crippen LogP contribution in [-0.2, 0) is 29.8 Å². The average molecular weight is 688 g/mol. The van der Waals surface area contributed by atoms with Crippen LogP contribution in [0.1, 0.15) is 57.6 Å². The third kappa shape index (κ3) is 8.37. The van der Waals surface area contributed by atoms with Crippen molar-refractivity contribution in [1.82, 2.24) is 19.7 Å². The molecule has 1 saturated carbocycles. The minimum atomic E-state index is -0.425. The lowest BCUT2D eigenvalue weighted by Crippen LogP contribution is -2.51. The van der Waals surface area contributed by atoms with Gasteiger partial charge >= 0.3 is 5.97 Å². The Labute approximate surface area is 301 Å². The second-order valence-electron chi connectivity index (χ2n) is 14.8. The van der Waals surface area contributed by atoms with Crippen LogP contribution in [-0.4, -0.2) is 63.5 Å². The highest BCUT2D eigenvalue weighted by molar-refractivity contribution is 5.96. The van der Waals surface area contributed by atoms with Gasteiger partial charge in [0.25, 0.3) is 0 Å². The molecule has 5 aromatic rings. The summed E-state index contributed by atoms with van der Waals surface area (Å²) in [6, 6.07) is 31.3. The summed E-state index contributed by atoms with van der Waals surface area (Å²) >= 11 is 0. The number of fused-ring (bicyclic) bond motifs is 1. The Hall–Kier alpha value is -4.89. The van der Waals surface area contributed by atoms with Crippen LogP contribution in [0.25, 0.3) is 22.2 Å². The largest absolute Gasteiger partial charge is 0.473 e. The lowest BCUT2D eigenvalue weighted by molar-refractivity contribution is -0.161. The van der Waals surface area contributed by atoms with E-state index < -0.39 is 5.60 Å². The van der Waals surface area contributed by atoms with E-state index in [1.807, 2.05) is 105 Å². The lowest BCUT2D eigenvalue weighted by Gasteiger charge is -2.42. The molecule has 3 aromatic carbocycles. The second-order valence-corrected chi connectivity index (χ2v) is 14.8. The molecule has 0 N–H and O–H groups in total. The highest BCUT2D eigenvalue weighted by atomic mass is 16.6. The van der Waals surface area contributed by atoms with E-state index in [2.05, 4.69) is 28.0 Å². The summed E-state index contributed by atoms with van der Waals surface area (Å²) < 4.78 is 20.1. The molecule has 51 heavy (non-hydrogen) atoms. The number of anilines is 1. The molecule has 266 valence electrons. The van der Waals surface area contributed by atoms with Gasteiger partial charge in [0.1, 0.15) is 24.5 Å². The number of carbonyl (C=O) groups is 1. The van der Waals surface area contributed by atoms with Crippen LogP contribution in [0.15, 0.2) is 91.0 Å². The Kier molecular flexibility index (Phi) is 10.3. The monoisotopic (exact) mass is 687 g/mol. The number of esters is 1. The third-order valence-corrected chi connectivity index (χ3v) is 10.0. The lowest BCUT2D eigenvalue weighted by atomic mass is 9.85. The predicted octanol–water partition coefficient (Wildman–Crippen LogP) is 7.82. The van der Waals surface area contributed by atoms with Gasteiger partial charge in [-0.3, -0.25) is 14.4 Å². The zero-order chi connectivity index (χ0) is 35.4. The van der Waals surface area contributed by atoms with Gasteiger partial charge in [0.2, 0.25) is 11.8 Å².